The Balaban J connectivity index is 2.42. The molecule has 0 radical (unpaired) electrons. The number of carboxylic acid groups (broad SMARTS) is 1. The van der Waals surface area contributed by atoms with E-state index in [4.69, 9.17) is 5.11 Å². The van der Waals surface area contributed by atoms with Crippen LogP contribution in [0.25, 0.3) is 10.2 Å². The summed E-state index contributed by atoms with van der Waals surface area (Å²) >= 11 is 1.50. The predicted molar refractivity (Wildman–Crippen MR) is 48.3 cm³/mol. The van der Waals surface area contributed by atoms with Gasteiger partial charge in [0.25, 0.3) is 0 Å². The van der Waals surface area contributed by atoms with E-state index in [0.717, 1.165) is 10.2 Å². The van der Waals surface area contributed by atoms with Crippen molar-refractivity contribution in [2.75, 3.05) is 0 Å². The van der Waals surface area contributed by atoms with Crippen LogP contribution >= 0.6 is 11.3 Å². The first kappa shape index (κ1) is 8.00. The van der Waals surface area contributed by atoms with Crippen LogP contribution in [0.15, 0.2) is 23.7 Å². The van der Waals surface area contributed by atoms with Gasteiger partial charge in [0.1, 0.15) is 5.75 Å². The van der Waals surface area contributed by atoms with E-state index in [1.807, 2.05) is 0 Å². The first-order valence-electron chi connectivity index (χ1n) is 3.50. The number of benzene rings is 1. The lowest BCUT2D eigenvalue weighted by atomic mass is 10.3. The molecular weight excluding hydrogens is 190 g/mol. The highest BCUT2D eigenvalue weighted by Crippen LogP contribution is 2.22. The molecule has 1 heterocycles. The van der Waals surface area contributed by atoms with Gasteiger partial charge in [0.05, 0.1) is 15.7 Å². The highest BCUT2D eigenvalue weighted by atomic mass is 32.1. The van der Waals surface area contributed by atoms with Crippen molar-refractivity contribution >= 4 is 27.7 Å². The van der Waals surface area contributed by atoms with Crippen LogP contribution in [0.4, 0.5) is 4.79 Å². The molecule has 2 rings (SSSR count). The molecule has 0 saturated heterocycles. The fourth-order valence-corrected chi connectivity index (χ4v) is 1.66. The lowest BCUT2D eigenvalue weighted by Gasteiger charge is -1.97. The van der Waals surface area contributed by atoms with Crippen LogP contribution in [-0.4, -0.2) is 16.2 Å². The zero-order valence-corrected chi connectivity index (χ0v) is 7.25. The second-order valence-corrected chi connectivity index (χ2v) is 3.24. The fraction of sp³-hybridized carbons (Fsp3) is 0. The number of hydrogen-bond acceptors (Lipinski definition) is 4. The number of nitrogens with zero attached hydrogens (tertiary/aromatic N) is 1. The number of rotatable bonds is 1. The number of hydrogen-bond donors (Lipinski definition) is 1. The summed E-state index contributed by atoms with van der Waals surface area (Å²) in [5, 5.41) is 8.35. The molecule has 1 N–H and O–H groups in total. The van der Waals surface area contributed by atoms with Crippen LogP contribution in [0.2, 0.25) is 0 Å². The Labute approximate surface area is 77.4 Å². The van der Waals surface area contributed by atoms with Crippen LogP contribution in [0, 0.1) is 0 Å². The molecule has 1 aromatic carbocycles. The quantitative estimate of drug-likeness (QED) is 0.560. The van der Waals surface area contributed by atoms with Crippen molar-refractivity contribution in [3.63, 3.8) is 0 Å². The second-order valence-electron chi connectivity index (χ2n) is 2.35. The van der Waals surface area contributed by atoms with Crippen molar-refractivity contribution in [2.24, 2.45) is 0 Å². The summed E-state index contributed by atoms with van der Waals surface area (Å²) in [4.78, 5) is 14.2. The molecule has 66 valence electrons. The Morgan fingerprint density at radius 3 is 3.15 bits per heavy atom. The number of carbonyl (C=O) groups is 1. The van der Waals surface area contributed by atoms with Gasteiger partial charge in [0.2, 0.25) is 0 Å². The van der Waals surface area contributed by atoms with E-state index in [-0.39, 0.29) is 0 Å². The minimum atomic E-state index is -1.31. The topological polar surface area (TPSA) is 59.4 Å². The molecule has 13 heavy (non-hydrogen) atoms. The second kappa shape index (κ2) is 3.02. The average Bonchev–Trinajstić information content (AvgIpc) is 2.49. The molecule has 5 heteroatoms. The third-order valence-electron chi connectivity index (χ3n) is 1.51. The Hall–Kier alpha value is -1.62. The van der Waals surface area contributed by atoms with Crippen LogP contribution < -0.4 is 4.74 Å². The zero-order chi connectivity index (χ0) is 9.26. The molecule has 0 atom stereocenters. The van der Waals surface area contributed by atoms with Crippen molar-refractivity contribution < 1.29 is 14.6 Å². The van der Waals surface area contributed by atoms with E-state index in [1.165, 1.54) is 11.3 Å². The molecule has 0 spiro atoms. The standard InChI is InChI=1S/C8H5NO3S/c10-8(11)12-5-1-2-7-6(3-5)9-4-13-7/h1-4H,(H,10,11). The van der Waals surface area contributed by atoms with Gasteiger partial charge in [-0.1, -0.05) is 0 Å². The summed E-state index contributed by atoms with van der Waals surface area (Å²) in [5.74, 6) is 0.297. The van der Waals surface area contributed by atoms with Crippen molar-refractivity contribution in [3.05, 3.63) is 23.7 Å². The lowest BCUT2D eigenvalue weighted by molar-refractivity contribution is 0.144. The smallest absolute Gasteiger partial charge is 0.449 e. The third-order valence-corrected chi connectivity index (χ3v) is 2.32. The molecule has 0 unspecified atom stereocenters. The molecule has 1 aromatic heterocycles. The monoisotopic (exact) mass is 195 g/mol. The summed E-state index contributed by atoms with van der Waals surface area (Å²) in [7, 11) is 0. The summed E-state index contributed by atoms with van der Waals surface area (Å²) in [6, 6.07) is 4.99. The molecule has 2 aromatic rings. The van der Waals surface area contributed by atoms with Gasteiger partial charge in [-0.3, -0.25) is 0 Å². The van der Waals surface area contributed by atoms with Gasteiger partial charge >= 0.3 is 6.16 Å². The largest absolute Gasteiger partial charge is 0.511 e. The summed E-state index contributed by atoms with van der Waals surface area (Å²) in [6.45, 7) is 0. The first-order valence-corrected chi connectivity index (χ1v) is 4.38. The Kier molecular flexibility index (Phi) is 1.86. The van der Waals surface area contributed by atoms with Crippen molar-refractivity contribution in [1.82, 2.24) is 4.98 Å². The Bertz CT molecular complexity index is 451. The van der Waals surface area contributed by atoms with Gasteiger partial charge in [-0.15, -0.1) is 11.3 Å². The lowest BCUT2D eigenvalue weighted by Crippen LogP contribution is -2.02. The number of ether oxygens (including phenoxy) is 1. The summed E-state index contributed by atoms with van der Waals surface area (Å²) in [6.07, 6.45) is -1.31. The van der Waals surface area contributed by atoms with Gasteiger partial charge in [0, 0.05) is 6.07 Å². The molecular formula is C8H5NO3S. The highest BCUT2D eigenvalue weighted by molar-refractivity contribution is 7.16. The molecule has 0 aliphatic heterocycles. The van der Waals surface area contributed by atoms with E-state index in [9.17, 15) is 4.79 Å². The van der Waals surface area contributed by atoms with Gasteiger partial charge < -0.3 is 9.84 Å². The normalized spacial score (nSPS) is 10.2. The zero-order valence-electron chi connectivity index (χ0n) is 6.43. The van der Waals surface area contributed by atoms with E-state index in [1.54, 1.807) is 23.7 Å². The molecule has 0 aliphatic carbocycles. The van der Waals surface area contributed by atoms with E-state index in [2.05, 4.69) is 9.72 Å². The van der Waals surface area contributed by atoms with Crippen LogP contribution in [0.5, 0.6) is 5.75 Å². The minimum absolute atomic E-state index is 0.297. The number of fused-ring (bicyclic) bond motifs is 1. The molecule has 0 fully saturated rings. The molecule has 0 amide bonds. The Morgan fingerprint density at radius 2 is 2.38 bits per heavy atom. The van der Waals surface area contributed by atoms with Gasteiger partial charge in [-0.2, -0.15) is 0 Å². The van der Waals surface area contributed by atoms with E-state index < -0.39 is 6.16 Å². The molecule has 0 saturated carbocycles. The van der Waals surface area contributed by atoms with E-state index >= 15 is 0 Å². The van der Waals surface area contributed by atoms with Gasteiger partial charge in [0.15, 0.2) is 0 Å². The molecule has 0 aliphatic rings. The average molecular weight is 195 g/mol. The van der Waals surface area contributed by atoms with Crippen LogP contribution in [0.1, 0.15) is 0 Å². The maximum Gasteiger partial charge on any atom is 0.511 e. The Morgan fingerprint density at radius 1 is 1.54 bits per heavy atom. The van der Waals surface area contributed by atoms with Gasteiger partial charge in [-0.05, 0) is 12.1 Å². The minimum Gasteiger partial charge on any atom is -0.449 e. The highest BCUT2D eigenvalue weighted by Gasteiger charge is 2.02. The molecule has 0 bridgehead atoms. The van der Waals surface area contributed by atoms with E-state index in [0.29, 0.717) is 5.75 Å². The SMILES string of the molecule is O=C(O)Oc1ccc2scnc2c1. The van der Waals surface area contributed by atoms with Crippen molar-refractivity contribution in [1.29, 1.82) is 0 Å². The maximum absolute atomic E-state index is 10.2. The van der Waals surface area contributed by atoms with Crippen LogP contribution in [-0.2, 0) is 0 Å². The number of thiazole rings is 1. The maximum atomic E-state index is 10.2. The number of aromatic nitrogens is 1. The third kappa shape index (κ3) is 1.59. The molecule has 4 nitrogen and oxygen atoms in total. The van der Waals surface area contributed by atoms with Gasteiger partial charge in [-0.25, -0.2) is 9.78 Å². The summed E-state index contributed by atoms with van der Waals surface area (Å²) in [5.41, 5.74) is 2.46. The fourth-order valence-electron chi connectivity index (χ4n) is 1.00. The van der Waals surface area contributed by atoms with Crippen molar-refractivity contribution in [3.8, 4) is 5.75 Å². The van der Waals surface area contributed by atoms with Crippen molar-refractivity contribution in [2.45, 2.75) is 0 Å². The summed E-state index contributed by atoms with van der Waals surface area (Å²) < 4.78 is 5.48. The first-order chi connectivity index (χ1) is 6.25. The van der Waals surface area contributed by atoms with Crippen LogP contribution in [0.3, 0.4) is 0 Å². The predicted octanol–water partition coefficient (Wildman–Crippen LogP) is 2.35.